The molecule has 9 N–H and O–H groups in total. The van der Waals surface area contributed by atoms with E-state index in [2.05, 4.69) is 38.4 Å². The van der Waals surface area contributed by atoms with E-state index in [4.69, 9.17) is 24.7 Å². The van der Waals surface area contributed by atoms with Crippen LogP contribution in [-0.2, 0) is 39.9 Å². The van der Waals surface area contributed by atoms with Crippen molar-refractivity contribution in [2.24, 2.45) is 23.5 Å². The first-order chi connectivity index (χ1) is 25.6. The van der Waals surface area contributed by atoms with Crippen LogP contribution in [0.1, 0.15) is 64.4 Å². The van der Waals surface area contributed by atoms with Crippen molar-refractivity contribution in [2.45, 2.75) is 89.9 Å². The van der Waals surface area contributed by atoms with Gasteiger partial charge in [0.15, 0.2) is 6.35 Å². The summed E-state index contributed by atoms with van der Waals surface area (Å²) >= 11 is 0. The first-order valence-corrected chi connectivity index (χ1v) is 18.5. The van der Waals surface area contributed by atoms with E-state index in [0.29, 0.717) is 69.0 Å². The van der Waals surface area contributed by atoms with E-state index >= 15 is 0 Å². The zero-order valence-electron chi connectivity index (χ0n) is 30.9. The van der Waals surface area contributed by atoms with Gasteiger partial charge in [-0.25, -0.2) is 4.79 Å². The number of nitrogens with two attached hydrogens (primary N) is 1. The van der Waals surface area contributed by atoms with Crippen molar-refractivity contribution in [3.05, 3.63) is 29.8 Å². The van der Waals surface area contributed by atoms with Crippen LogP contribution in [0.3, 0.4) is 0 Å². The van der Waals surface area contributed by atoms with E-state index in [1.165, 1.54) is 0 Å². The van der Waals surface area contributed by atoms with Gasteiger partial charge < -0.3 is 50.4 Å². The minimum absolute atomic E-state index is 0.00612. The average molecular weight is 747 g/mol. The molecule has 1 saturated carbocycles. The number of anilines is 1. The van der Waals surface area contributed by atoms with Gasteiger partial charge in [0.05, 0.1) is 46.2 Å². The van der Waals surface area contributed by atoms with Crippen molar-refractivity contribution in [1.29, 1.82) is 0 Å². The quantitative estimate of drug-likeness (QED) is 0.0393. The Bertz CT molecular complexity index is 1320. The maximum atomic E-state index is 13.3. The molecular formula is C37H58N6O10. The van der Waals surface area contributed by atoms with Crippen molar-refractivity contribution in [1.82, 2.24) is 21.3 Å². The van der Waals surface area contributed by atoms with Gasteiger partial charge in [-0.15, -0.1) is 11.8 Å². The molecule has 3 rings (SSSR count). The number of alkyl carbamates (subject to hydrolysis) is 1. The topological polar surface area (TPSA) is 232 Å². The number of nitrogens with one attached hydrogen (secondary N) is 5. The monoisotopic (exact) mass is 746 g/mol. The van der Waals surface area contributed by atoms with Gasteiger partial charge in [0.2, 0.25) is 17.7 Å². The highest BCUT2D eigenvalue weighted by Crippen LogP contribution is 2.48. The predicted octanol–water partition coefficient (Wildman–Crippen LogP) is 0.706. The van der Waals surface area contributed by atoms with Crippen LogP contribution in [0.25, 0.3) is 0 Å². The second-order valence-electron chi connectivity index (χ2n) is 13.4. The van der Waals surface area contributed by atoms with Gasteiger partial charge in [-0.3, -0.25) is 25.4 Å². The molecule has 5 atom stereocenters. The second-order valence-corrected chi connectivity index (χ2v) is 13.4. The summed E-state index contributed by atoms with van der Waals surface area (Å²) in [5.74, 6) is 5.53. The van der Waals surface area contributed by atoms with Crippen molar-refractivity contribution in [3.8, 4) is 11.8 Å². The van der Waals surface area contributed by atoms with E-state index in [1.807, 2.05) is 0 Å². The molecule has 16 heteroatoms. The van der Waals surface area contributed by atoms with Crippen LogP contribution in [0.5, 0.6) is 0 Å². The van der Waals surface area contributed by atoms with Crippen LogP contribution in [0.4, 0.5) is 10.5 Å². The van der Waals surface area contributed by atoms with Gasteiger partial charge in [0.25, 0.3) is 0 Å². The number of rotatable bonds is 25. The number of fused-ring (bicyclic) bond motifs is 1. The van der Waals surface area contributed by atoms with E-state index in [9.17, 15) is 29.4 Å². The van der Waals surface area contributed by atoms with Gasteiger partial charge in [-0.2, -0.15) is 0 Å². The molecule has 0 radical (unpaired) electrons. The number of aliphatic hydroxyl groups is 2. The Labute approximate surface area is 312 Å². The lowest BCUT2D eigenvalue weighted by molar-refractivity contribution is -0.132. The van der Waals surface area contributed by atoms with Crippen molar-refractivity contribution < 1.29 is 48.3 Å². The normalized spacial score (nSPS) is 19.2. The van der Waals surface area contributed by atoms with Crippen LogP contribution in [0.15, 0.2) is 24.3 Å². The highest BCUT2D eigenvalue weighted by atomic mass is 16.6. The third-order valence-corrected chi connectivity index (χ3v) is 8.89. The smallest absolute Gasteiger partial charge is 0.407 e. The lowest BCUT2D eigenvalue weighted by Crippen LogP contribution is -2.54. The molecule has 0 saturated heterocycles. The minimum Gasteiger partial charge on any atom is -0.446 e. The standard InChI is InChI=1S/C37H58N6O10/c1-25(2)32(35(47)42-30(10-7-16-39-36(38)48)34(46)41-27-13-11-26(24-44)12-14-27)43-31(45)15-18-50-20-22-52-23-21-51-19-17-40-37(49)53-33-28-8-5-3-4-6-9-29(28)33/h11-14,25,28-30,32-33,36,39,44,48H,5-10,15-24,38H2,1-2H3,(H,40,49)(H,41,46)(H,42,47)(H,43,45). The Morgan fingerprint density at radius 1 is 0.868 bits per heavy atom. The summed E-state index contributed by atoms with van der Waals surface area (Å²) in [5, 5.41) is 32.2. The molecule has 4 amide bonds. The van der Waals surface area contributed by atoms with Crippen molar-refractivity contribution >= 4 is 29.5 Å². The first kappa shape index (κ1) is 43.6. The number of hydrogen-bond donors (Lipinski definition) is 8. The summed E-state index contributed by atoms with van der Waals surface area (Å²) in [6.07, 6.45) is 2.73. The lowest BCUT2D eigenvalue weighted by atomic mass is 10.0. The summed E-state index contributed by atoms with van der Waals surface area (Å²) in [5.41, 5.74) is 6.50. The molecule has 0 aliphatic heterocycles. The third-order valence-electron chi connectivity index (χ3n) is 8.89. The van der Waals surface area contributed by atoms with E-state index in [-0.39, 0.29) is 50.6 Å². The van der Waals surface area contributed by atoms with Crippen LogP contribution >= 0.6 is 0 Å². The molecule has 1 fully saturated rings. The summed E-state index contributed by atoms with van der Waals surface area (Å²) in [6, 6.07) is 4.80. The minimum atomic E-state index is -1.21. The fourth-order valence-electron chi connectivity index (χ4n) is 5.88. The Morgan fingerprint density at radius 3 is 2.09 bits per heavy atom. The number of ether oxygens (including phenoxy) is 4. The van der Waals surface area contributed by atoms with Gasteiger partial charge in [0.1, 0.15) is 18.2 Å². The average Bonchev–Trinajstić information content (AvgIpc) is 3.75. The summed E-state index contributed by atoms with van der Waals surface area (Å²) < 4.78 is 22.0. The zero-order valence-corrected chi connectivity index (χ0v) is 30.9. The SMILES string of the molecule is CC(C)C(NC(=O)CCOCCOCCOCCNC(=O)OC1C2CCC#CCCC21)C(=O)NC(CCCNC(N)O)C(=O)Nc1ccc(CO)cc1. The molecular weight excluding hydrogens is 688 g/mol. The molecule has 1 aromatic carbocycles. The Balaban J connectivity index is 1.26. The molecule has 0 heterocycles. The van der Waals surface area contributed by atoms with Crippen molar-refractivity contribution in [3.63, 3.8) is 0 Å². The highest BCUT2D eigenvalue weighted by Gasteiger charge is 2.52. The fraction of sp³-hybridized carbons (Fsp3) is 0.676. The van der Waals surface area contributed by atoms with Crippen LogP contribution in [0, 0.1) is 29.6 Å². The first-order valence-electron chi connectivity index (χ1n) is 18.5. The largest absolute Gasteiger partial charge is 0.446 e. The van der Waals surface area contributed by atoms with Crippen LogP contribution in [-0.4, -0.2) is 111 Å². The van der Waals surface area contributed by atoms with Crippen LogP contribution in [0.2, 0.25) is 0 Å². The van der Waals surface area contributed by atoms with Gasteiger partial charge in [-0.05, 0) is 55.8 Å². The Morgan fingerprint density at radius 2 is 1.49 bits per heavy atom. The number of hydrogen-bond acceptors (Lipinski definition) is 12. The fourth-order valence-corrected chi connectivity index (χ4v) is 5.88. The van der Waals surface area contributed by atoms with Gasteiger partial charge in [0, 0.05) is 43.3 Å². The second kappa shape index (κ2) is 24.5. The van der Waals surface area contributed by atoms with E-state index in [1.54, 1.807) is 38.1 Å². The number of carbonyl (C=O) groups excluding carboxylic acids is 4. The molecule has 0 aromatic heterocycles. The molecule has 2 aliphatic carbocycles. The molecule has 296 valence electrons. The molecule has 53 heavy (non-hydrogen) atoms. The summed E-state index contributed by atoms with van der Waals surface area (Å²) in [4.78, 5) is 51.2. The third kappa shape index (κ3) is 17.2. The number of carbonyl (C=O) groups is 4. The summed E-state index contributed by atoms with van der Waals surface area (Å²) in [7, 11) is 0. The molecule has 1 aromatic rings. The Kier molecular flexibility index (Phi) is 20.1. The van der Waals surface area contributed by atoms with Crippen LogP contribution < -0.4 is 32.3 Å². The van der Waals surface area contributed by atoms with E-state index < -0.39 is 36.3 Å². The molecule has 2 aliphatic rings. The lowest BCUT2D eigenvalue weighted by Gasteiger charge is -2.25. The van der Waals surface area contributed by atoms with Gasteiger partial charge in [-0.1, -0.05) is 26.0 Å². The number of aliphatic hydroxyl groups excluding tert-OH is 2. The number of amides is 4. The maximum Gasteiger partial charge on any atom is 0.407 e. The zero-order chi connectivity index (χ0) is 38.4. The predicted molar refractivity (Wildman–Crippen MR) is 196 cm³/mol. The molecule has 0 bridgehead atoms. The Hall–Kier alpha value is -3.82. The van der Waals surface area contributed by atoms with Gasteiger partial charge >= 0.3 is 6.09 Å². The summed E-state index contributed by atoms with van der Waals surface area (Å²) in [6.45, 7) is 5.79. The molecule has 16 nitrogen and oxygen atoms in total. The molecule has 5 unspecified atom stereocenters. The van der Waals surface area contributed by atoms with Crippen molar-refractivity contribution in [2.75, 3.05) is 58.0 Å². The van der Waals surface area contributed by atoms with E-state index in [0.717, 1.165) is 25.7 Å². The highest BCUT2D eigenvalue weighted by molar-refractivity contribution is 5.98. The maximum absolute atomic E-state index is 13.3. The molecule has 0 spiro atoms. The number of benzene rings is 1.